The molecule has 0 unspecified atom stereocenters. The minimum atomic E-state index is -0.180. The van der Waals surface area contributed by atoms with Crippen molar-refractivity contribution in [2.24, 2.45) is 0 Å². The van der Waals surface area contributed by atoms with E-state index < -0.39 is 0 Å². The van der Waals surface area contributed by atoms with Gasteiger partial charge in [-0.25, -0.2) is 0 Å². The van der Waals surface area contributed by atoms with Crippen molar-refractivity contribution in [1.29, 1.82) is 0 Å². The van der Waals surface area contributed by atoms with Gasteiger partial charge < -0.3 is 14.8 Å². The molecule has 0 aliphatic rings. The Hall–Kier alpha value is -3.27. The molecule has 0 heterocycles. The van der Waals surface area contributed by atoms with Crippen LogP contribution >= 0.6 is 0 Å². The van der Waals surface area contributed by atoms with E-state index in [-0.39, 0.29) is 18.6 Å². The molecule has 3 rings (SSSR count). The van der Waals surface area contributed by atoms with Crippen molar-refractivity contribution in [3.05, 3.63) is 84.4 Å². The fraction of sp³-hybridized carbons (Fsp3) is 0.174. The fourth-order valence-electron chi connectivity index (χ4n) is 2.84. The number of hydrogen-bond acceptors (Lipinski definition) is 3. The summed E-state index contributed by atoms with van der Waals surface area (Å²) in [7, 11) is 1.57. The molecule has 4 nitrogen and oxygen atoms in total. The second-order valence-corrected chi connectivity index (χ2v) is 6.22. The van der Waals surface area contributed by atoms with Crippen LogP contribution in [-0.4, -0.2) is 19.6 Å². The second-order valence-electron chi connectivity index (χ2n) is 6.22. The van der Waals surface area contributed by atoms with E-state index in [1.807, 2.05) is 49.4 Å². The molecule has 138 valence electrons. The third kappa shape index (κ3) is 4.88. The molecule has 27 heavy (non-hydrogen) atoms. The molecule has 4 heteroatoms. The summed E-state index contributed by atoms with van der Waals surface area (Å²) in [5.74, 6) is 0.977. The molecule has 3 aromatic rings. The lowest BCUT2D eigenvalue weighted by Gasteiger charge is -2.16. The van der Waals surface area contributed by atoms with E-state index in [2.05, 4.69) is 29.6 Å². The summed E-state index contributed by atoms with van der Waals surface area (Å²) >= 11 is 0. The van der Waals surface area contributed by atoms with Crippen molar-refractivity contribution >= 4 is 5.91 Å². The Kier molecular flexibility index (Phi) is 6.10. The number of nitrogens with one attached hydrogen (secondary N) is 1. The predicted molar refractivity (Wildman–Crippen MR) is 107 cm³/mol. The number of benzene rings is 3. The molecule has 0 aromatic heterocycles. The van der Waals surface area contributed by atoms with Crippen LogP contribution in [0.25, 0.3) is 11.1 Å². The Bertz CT molecular complexity index is 876. The first-order valence-electron chi connectivity index (χ1n) is 8.88. The Labute approximate surface area is 159 Å². The van der Waals surface area contributed by atoms with Gasteiger partial charge in [-0.05, 0) is 35.7 Å². The molecule has 0 fully saturated rings. The van der Waals surface area contributed by atoms with Crippen LogP contribution in [0.5, 0.6) is 11.5 Å². The Morgan fingerprint density at radius 3 is 2.11 bits per heavy atom. The summed E-state index contributed by atoms with van der Waals surface area (Å²) < 4.78 is 10.8. The zero-order valence-corrected chi connectivity index (χ0v) is 15.5. The molecule has 0 aliphatic heterocycles. The fourth-order valence-corrected chi connectivity index (χ4v) is 2.84. The van der Waals surface area contributed by atoms with Crippen LogP contribution in [0.4, 0.5) is 0 Å². The lowest BCUT2D eigenvalue weighted by Crippen LogP contribution is -2.31. The van der Waals surface area contributed by atoms with E-state index in [9.17, 15) is 4.79 Å². The van der Waals surface area contributed by atoms with Gasteiger partial charge in [-0.1, -0.05) is 66.7 Å². The quantitative estimate of drug-likeness (QED) is 0.668. The van der Waals surface area contributed by atoms with Crippen LogP contribution in [0, 0.1) is 0 Å². The largest absolute Gasteiger partial charge is 0.493 e. The van der Waals surface area contributed by atoms with Crippen molar-refractivity contribution in [2.75, 3.05) is 13.7 Å². The molecule has 1 amide bonds. The SMILES string of the molecule is COc1ccccc1OCC(=O)N[C@@H](C)c1ccc(-c2ccccc2)cc1. The third-order valence-corrected chi connectivity index (χ3v) is 4.32. The Morgan fingerprint density at radius 1 is 0.852 bits per heavy atom. The number of carbonyl (C=O) groups excluding carboxylic acids is 1. The number of hydrogen-bond donors (Lipinski definition) is 1. The van der Waals surface area contributed by atoms with Gasteiger partial charge in [0, 0.05) is 0 Å². The summed E-state index contributed by atoms with van der Waals surface area (Å²) in [4.78, 5) is 12.2. The Balaban J connectivity index is 1.56. The van der Waals surface area contributed by atoms with Crippen LogP contribution < -0.4 is 14.8 Å². The van der Waals surface area contributed by atoms with Gasteiger partial charge >= 0.3 is 0 Å². The summed E-state index contributed by atoms with van der Waals surface area (Å²) in [6.07, 6.45) is 0. The van der Waals surface area contributed by atoms with E-state index in [1.54, 1.807) is 19.2 Å². The van der Waals surface area contributed by atoms with Gasteiger partial charge in [0.15, 0.2) is 18.1 Å². The Morgan fingerprint density at radius 2 is 1.44 bits per heavy atom. The molecule has 0 radical (unpaired) electrons. The summed E-state index contributed by atoms with van der Waals surface area (Å²) in [5, 5.41) is 2.96. The van der Waals surface area contributed by atoms with Crippen molar-refractivity contribution < 1.29 is 14.3 Å². The normalized spacial score (nSPS) is 11.5. The summed E-state index contributed by atoms with van der Waals surface area (Å²) in [6, 6.07) is 25.6. The highest BCUT2D eigenvalue weighted by Crippen LogP contribution is 2.26. The standard InChI is InChI=1S/C23H23NO3/c1-17(18-12-14-20(15-13-18)19-8-4-3-5-9-19)24-23(25)16-27-22-11-7-6-10-21(22)26-2/h3-15,17H,16H2,1-2H3,(H,24,25)/t17-/m0/s1. The number of methoxy groups -OCH3 is 1. The van der Waals surface area contributed by atoms with Crippen LogP contribution in [0.1, 0.15) is 18.5 Å². The van der Waals surface area contributed by atoms with Gasteiger partial charge in [-0.2, -0.15) is 0 Å². The third-order valence-electron chi connectivity index (χ3n) is 4.32. The maximum atomic E-state index is 12.2. The minimum absolute atomic E-state index is 0.0627. The first kappa shape index (κ1) is 18.5. The van der Waals surface area contributed by atoms with Crippen LogP contribution in [0.2, 0.25) is 0 Å². The van der Waals surface area contributed by atoms with Crippen molar-refractivity contribution in [2.45, 2.75) is 13.0 Å². The van der Waals surface area contributed by atoms with E-state index >= 15 is 0 Å². The average Bonchev–Trinajstić information content (AvgIpc) is 2.73. The molecule has 0 saturated heterocycles. The zero-order chi connectivity index (χ0) is 19.1. The molecular weight excluding hydrogens is 338 g/mol. The van der Waals surface area contributed by atoms with E-state index in [0.29, 0.717) is 11.5 Å². The van der Waals surface area contributed by atoms with Crippen LogP contribution in [0.3, 0.4) is 0 Å². The van der Waals surface area contributed by atoms with E-state index in [1.165, 1.54) is 5.56 Å². The zero-order valence-electron chi connectivity index (χ0n) is 15.5. The molecular formula is C23H23NO3. The number of amides is 1. The van der Waals surface area contributed by atoms with Crippen LogP contribution in [-0.2, 0) is 4.79 Å². The highest BCUT2D eigenvalue weighted by atomic mass is 16.5. The van der Waals surface area contributed by atoms with Gasteiger partial charge in [0.25, 0.3) is 5.91 Å². The smallest absolute Gasteiger partial charge is 0.258 e. The first-order valence-corrected chi connectivity index (χ1v) is 8.88. The number of rotatable bonds is 7. The monoisotopic (exact) mass is 361 g/mol. The molecule has 3 aromatic carbocycles. The molecule has 0 bridgehead atoms. The van der Waals surface area contributed by atoms with E-state index in [4.69, 9.17) is 9.47 Å². The van der Waals surface area contributed by atoms with Gasteiger partial charge in [-0.15, -0.1) is 0 Å². The summed E-state index contributed by atoms with van der Waals surface area (Å²) in [5.41, 5.74) is 3.36. The number of carbonyl (C=O) groups is 1. The van der Waals surface area contributed by atoms with Gasteiger partial charge in [0.1, 0.15) is 0 Å². The highest BCUT2D eigenvalue weighted by Gasteiger charge is 2.11. The summed E-state index contributed by atoms with van der Waals surface area (Å²) in [6.45, 7) is 1.89. The highest BCUT2D eigenvalue weighted by molar-refractivity contribution is 5.78. The maximum absolute atomic E-state index is 12.2. The lowest BCUT2D eigenvalue weighted by atomic mass is 10.0. The minimum Gasteiger partial charge on any atom is -0.493 e. The topological polar surface area (TPSA) is 47.6 Å². The van der Waals surface area contributed by atoms with Gasteiger partial charge in [0.2, 0.25) is 0 Å². The second kappa shape index (κ2) is 8.90. The predicted octanol–water partition coefficient (Wildman–Crippen LogP) is 4.62. The molecule has 1 atom stereocenters. The van der Waals surface area contributed by atoms with Gasteiger partial charge in [0.05, 0.1) is 13.2 Å². The van der Waals surface area contributed by atoms with Crippen LogP contribution in [0.15, 0.2) is 78.9 Å². The first-order chi connectivity index (χ1) is 13.2. The number of ether oxygens (including phenoxy) is 2. The van der Waals surface area contributed by atoms with E-state index in [0.717, 1.165) is 11.1 Å². The molecule has 0 aliphatic carbocycles. The lowest BCUT2D eigenvalue weighted by molar-refractivity contribution is -0.123. The molecule has 0 spiro atoms. The average molecular weight is 361 g/mol. The van der Waals surface area contributed by atoms with Gasteiger partial charge in [-0.3, -0.25) is 4.79 Å². The molecule has 1 N–H and O–H groups in total. The van der Waals surface area contributed by atoms with Crippen molar-refractivity contribution in [3.63, 3.8) is 0 Å². The maximum Gasteiger partial charge on any atom is 0.258 e. The number of para-hydroxylation sites is 2. The van der Waals surface area contributed by atoms with Crippen molar-refractivity contribution in [1.82, 2.24) is 5.32 Å². The van der Waals surface area contributed by atoms with Crippen molar-refractivity contribution in [3.8, 4) is 22.6 Å². The molecule has 0 saturated carbocycles.